The summed E-state index contributed by atoms with van der Waals surface area (Å²) in [4.78, 5) is 26.7. The second kappa shape index (κ2) is 9.64. The summed E-state index contributed by atoms with van der Waals surface area (Å²) >= 11 is 0. The van der Waals surface area contributed by atoms with Gasteiger partial charge in [-0.1, -0.05) is 6.07 Å². The highest BCUT2D eigenvalue weighted by atomic mass is 16.7. The Labute approximate surface area is 174 Å². The highest BCUT2D eigenvalue weighted by Gasteiger charge is 2.26. The van der Waals surface area contributed by atoms with Gasteiger partial charge in [0, 0.05) is 32.6 Å². The molecule has 0 saturated carbocycles. The number of fused-ring (bicyclic) bond motifs is 1. The molecule has 2 N–H and O–H groups in total. The summed E-state index contributed by atoms with van der Waals surface area (Å²) in [6.07, 6.45) is 2.10. The molecular formula is C21H25N3O6. The molecule has 0 unspecified atom stereocenters. The number of furan rings is 1. The quantitative estimate of drug-likeness (QED) is 0.647. The zero-order valence-corrected chi connectivity index (χ0v) is 16.6. The minimum absolute atomic E-state index is 0.108. The summed E-state index contributed by atoms with van der Waals surface area (Å²) in [5.74, 6) is 0.833. The van der Waals surface area contributed by atoms with Crippen molar-refractivity contribution in [3.8, 4) is 11.5 Å². The van der Waals surface area contributed by atoms with Crippen LogP contribution in [0, 0.1) is 0 Å². The number of amides is 2. The van der Waals surface area contributed by atoms with Gasteiger partial charge in [-0.05, 0) is 29.8 Å². The SMILES string of the molecule is O=C(NCCc1ccco1)C(=O)NC[C@@H](c1ccc2c(c1)OCO2)N1CCOCC1. The van der Waals surface area contributed by atoms with Gasteiger partial charge in [0.05, 0.1) is 25.5 Å². The van der Waals surface area contributed by atoms with E-state index in [2.05, 4.69) is 15.5 Å². The average Bonchev–Trinajstić information content (AvgIpc) is 3.46. The van der Waals surface area contributed by atoms with E-state index in [1.807, 2.05) is 24.3 Å². The van der Waals surface area contributed by atoms with Crippen molar-refractivity contribution in [2.75, 3.05) is 46.2 Å². The summed E-state index contributed by atoms with van der Waals surface area (Å²) in [5, 5.41) is 5.38. The first-order chi connectivity index (χ1) is 14.7. The van der Waals surface area contributed by atoms with Crippen molar-refractivity contribution >= 4 is 11.8 Å². The highest BCUT2D eigenvalue weighted by molar-refractivity contribution is 6.35. The normalized spacial score (nSPS) is 16.8. The number of rotatable bonds is 7. The number of nitrogens with zero attached hydrogens (tertiary/aromatic N) is 1. The lowest BCUT2D eigenvalue weighted by molar-refractivity contribution is -0.139. The van der Waals surface area contributed by atoms with E-state index < -0.39 is 11.8 Å². The van der Waals surface area contributed by atoms with Crippen LogP contribution >= 0.6 is 0 Å². The van der Waals surface area contributed by atoms with Crippen LogP contribution in [0.1, 0.15) is 17.4 Å². The predicted molar refractivity (Wildman–Crippen MR) is 106 cm³/mol. The van der Waals surface area contributed by atoms with Crippen LogP contribution in [0.2, 0.25) is 0 Å². The Morgan fingerprint density at radius 1 is 1.03 bits per heavy atom. The van der Waals surface area contributed by atoms with Crippen molar-refractivity contribution in [1.82, 2.24) is 15.5 Å². The van der Waals surface area contributed by atoms with Gasteiger partial charge in [-0.3, -0.25) is 14.5 Å². The Morgan fingerprint density at radius 2 is 1.83 bits per heavy atom. The van der Waals surface area contributed by atoms with Gasteiger partial charge in [-0.2, -0.15) is 0 Å². The summed E-state index contributed by atoms with van der Waals surface area (Å²) in [7, 11) is 0. The van der Waals surface area contributed by atoms with E-state index >= 15 is 0 Å². The summed E-state index contributed by atoms with van der Waals surface area (Å²) in [5.41, 5.74) is 0.986. The standard InChI is InChI=1S/C21H25N3O6/c25-20(22-6-5-16-2-1-9-28-16)21(26)23-13-17(24-7-10-27-11-8-24)15-3-4-18-19(12-15)30-14-29-18/h1-4,9,12,17H,5-8,10-11,13-14H2,(H,22,25)(H,23,26)/t17-/m0/s1. The molecule has 1 aromatic carbocycles. The lowest BCUT2D eigenvalue weighted by Gasteiger charge is -2.34. The van der Waals surface area contributed by atoms with Crippen molar-refractivity contribution in [2.24, 2.45) is 0 Å². The number of hydrogen-bond donors (Lipinski definition) is 2. The number of nitrogens with one attached hydrogen (secondary N) is 2. The number of carbonyl (C=O) groups is 2. The Hall–Kier alpha value is -3.04. The van der Waals surface area contributed by atoms with Gasteiger partial charge < -0.3 is 29.3 Å². The van der Waals surface area contributed by atoms with E-state index in [1.54, 1.807) is 12.3 Å². The zero-order valence-electron chi connectivity index (χ0n) is 16.6. The van der Waals surface area contributed by atoms with E-state index in [-0.39, 0.29) is 12.8 Å². The van der Waals surface area contributed by atoms with Crippen LogP contribution in [0.4, 0.5) is 0 Å². The molecule has 0 radical (unpaired) electrons. The van der Waals surface area contributed by atoms with Gasteiger partial charge in [-0.15, -0.1) is 0 Å². The number of hydrogen-bond acceptors (Lipinski definition) is 7. The van der Waals surface area contributed by atoms with E-state index in [9.17, 15) is 9.59 Å². The second-order valence-corrected chi connectivity index (χ2v) is 7.07. The molecule has 2 aliphatic heterocycles. The Bertz CT molecular complexity index is 864. The van der Waals surface area contributed by atoms with Gasteiger partial charge in [0.25, 0.3) is 0 Å². The molecule has 160 valence electrons. The van der Waals surface area contributed by atoms with Crippen LogP contribution in [0.5, 0.6) is 11.5 Å². The van der Waals surface area contributed by atoms with Gasteiger partial charge >= 0.3 is 11.8 Å². The molecule has 3 heterocycles. The molecular weight excluding hydrogens is 390 g/mol. The van der Waals surface area contributed by atoms with Gasteiger partial charge in [0.2, 0.25) is 6.79 Å². The third kappa shape index (κ3) is 4.92. The smallest absolute Gasteiger partial charge is 0.309 e. The molecule has 0 bridgehead atoms. The summed E-state index contributed by atoms with van der Waals surface area (Å²) in [6.45, 7) is 3.56. The molecule has 9 heteroatoms. The van der Waals surface area contributed by atoms with Crippen molar-refractivity contribution in [3.63, 3.8) is 0 Å². The second-order valence-electron chi connectivity index (χ2n) is 7.07. The molecule has 30 heavy (non-hydrogen) atoms. The van der Waals surface area contributed by atoms with E-state index in [4.69, 9.17) is 18.6 Å². The van der Waals surface area contributed by atoms with Crippen molar-refractivity contribution in [3.05, 3.63) is 47.9 Å². The van der Waals surface area contributed by atoms with Crippen LogP contribution in [-0.4, -0.2) is 62.9 Å². The number of ether oxygens (including phenoxy) is 3. The predicted octanol–water partition coefficient (Wildman–Crippen LogP) is 0.857. The summed E-state index contributed by atoms with van der Waals surface area (Å²) < 4.78 is 21.5. The van der Waals surface area contributed by atoms with Gasteiger partial charge in [-0.25, -0.2) is 0 Å². The molecule has 2 aromatic rings. The molecule has 1 aromatic heterocycles. The molecule has 1 saturated heterocycles. The van der Waals surface area contributed by atoms with Crippen molar-refractivity contribution < 1.29 is 28.2 Å². The first-order valence-corrected chi connectivity index (χ1v) is 10.0. The molecule has 1 atom stereocenters. The lowest BCUT2D eigenvalue weighted by Crippen LogP contribution is -2.47. The molecule has 0 spiro atoms. The molecule has 9 nitrogen and oxygen atoms in total. The largest absolute Gasteiger partial charge is 0.469 e. The minimum Gasteiger partial charge on any atom is -0.469 e. The fourth-order valence-corrected chi connectivity index (χ4v) is 3.57. The number of carbonyl (C=O) groups excluding carboxylic acids is 2. The van der Waals surface area contributed by atoms with Gasteiger partial charge in [0.1, 0.15) is 5.76 Å². The zero-order chi connectivity index (χ0) is 20.8. The van der Waals surface area contributed by atoms with Crippen LogP contribution < -0.4 is 20.1 Å². The van der Waals surface area contributed by atoms with E-state index in [0.717, 1.165) is 24.4 Å². The third-order valence-electron chi connectivity index (χ3n) is 5.17. The third-order valence-corrected chi connectivity index (χ3v) is 5.17. The fourth-order valence-electron chi connectivity index (χ4n) is 3.57. The average molecular weight is 415 g/mol. The van der Waals surface area contributed by atoms with E-state index in [0.29, 0.717) is 44.2 Å². The lowest BCUT2D eigenvalue weighted by atomic mass is 10.0. The number of morpholine rings is 1. The Morgan fingerprint density at radius 3 is 2.63 bits per heavy atom. The van der Waals surface area contributed by atoms with Crippen LogP contribution in [0.25, 0.3) is 0 Å². The van der Waals surface area contributed by atoms with E-state index in [1.165, 1.54) is 0 Å². The first kappa shape index (κ1) is 20.2. The summed E-state index contributed by atoms with van der Waals surface area (Å²) in [6, 6.07) is 9.26. The minimum atomic E-state index is -0.659. The molecule has 0 aliphatic carbocycles. The highest BCUT2D eigenvalue weighted by Crippen LogP contribution is 2.35. The maximum absolute atomic E-state index is 12.3. The maximum Gasteiger partial charge on any atom is 0.309 e. The number of benzene rings is 1. The monoisotopic (exact) mass is 415 g/mol. The molecule has 2 amide bonds. The van der Waals surface area contributed by atoms with Crippen molar-refractivity contribution in [2.45, 2.75) is 12.5 Å². The van der Waals surface area contributed by atoms with Gasteiger partial charge in [0.15, 0.2) is 11.5 Å². The molecule has 2 aliphatic rings. The Kier molecular flexibility index (Phi) is 6.50. The van der Waals surface area contributed by atoms with Crippen molar-refractivity contribution in [1.29, 1.82) is 0 Å². The maximum atomic E-state index is 12.3. The van der Waals surface area contributed by atoms with Crippen LogP contribution in [0.15, 0.2) is 41.0 Å². The Balaban J connectivity index is 1.35. The molecule has 1 fully saturated rings. The first-order valence-electron chi connectivity index (χ1n) is 10.0. The molecule has 4 rings (SSSR count). The fraction of sp³-hybridized carbons (Fsp3) is 0.429. The van der Waals surface area contributed by atoms with Crippen LogP contribution in [0.3, 0.4) is 0 Å². The topological polar surface area (TPSA) is 102 Å². The van der Waals surface area contributed by atoms with Crippen LogP contribution in [-0.2, 0) is 20.7 Å².